The molecule has 2 heterocycles. The standard InChI is InChI=1S/C29H29BrN2O4/c1-2-16-32-25-11-6-3-8-21(25)19-29(28(32)34)26(23-9-4-5-10-24(23)30)36-27(31-29)20-12-14-22(15-13-20)35-18-7-17-33/h3-6,8-15,26,33H,2,7,16-19H2,1H3/t26-,29-/m1/s1. The van der Waals surface area contributed by atoms with Crippen molar-refractivity contribution in [3.63, 3.8) is 0 Å². The summed E-state index contributed by atoms with van der Waals surface area (Å²) in [5.74, 6) is 1.12. The molecule has 7 heteroatoms. The van der Waals surface area contributed by atoms with Gasteiger partial charge in [-0.2, -0.15) is 0 Å². The Morgan fingerprint density at radius 1 is 1.11 bits per heavy atom. The smallest absolute Gasteiger partial charge is 0.259 e. The summed E-state index contributed by atoms with van der Waals surface area (Å²) in [5, 5.41) is 8.98. The summed E-state index contributed by atoms with van der Waals surface area (Å²) in [6, 6.07) is 23.5. The van der Waals surface area contributed by atoms with E-state index in [9.17, 15) is 4.79 Å². The first-order valence-electron chi connectivity index (χ1n) is 12.3. The molecule has 2 atom stereocenters. The van der Waals surface area contributed by atoms with Crippen molar-refractivity contribution in [1.82, 2.24) is 0 Å². The maximum atomic E-state index is 14.3. The first kappa shape index (κ1) is 24.5. The van der Waals surface area contributed by atoms with Gasteiger partial charge in [0.15, 0.2) is 11.6 Å². The number of rotatable bonds is 8. The van der Waals surface area contributed by atoms with Crippen LogP contribution >= 0.6 is 15.9 Å². The van der Waals surface area contributed by atoms with Crippen molar-refractivity contribution in [2.75, 3.05) is 24.7 Å². The Hall–Kier alpha value is -3.16. The molecule has 2 aliphatic rings. The summed E-state index contributed by atoms with van der Waals surface area (Å²) in [7, 11) is 0. The molecule has 3 aromatic carbocycles. The summed E-state index contributed by atoms with van der Waals surface area (Å²) in [6.45, 7) is 3.23. The molecule has 0 radical (unpaired) electrons. The summed E-state index contributed by atoms with van der Waals surface area (Å²) in [5.41, 5.74) is 2.60. The normalized spacial score (nSPS) is 20.8. The van der Waals surface area contributed by atoms with E-state index in [4.69, 9.17) is 19.6 Å². The number of aliphatic hydroxyl groups is 1. The number of halogens is 1. The molecule has 0 fully saturated rings. The van der Waals surface area contributed by atoms with Crippen molar-refractivity contribution in [2.45, 2.75) is 37.8 Å². The minimum atomic E-state index is -1.11. The van der Waals surface area contributed by atoms with Gasteiger partial charge in [0.2, 0.25) is 5.90 Å². The fraction of sp³-hybridized carbons (Fsp3) is 0.310. The molecule has 2 aliphatic heterocycles. The molecule has 3 aromatic rings. The van der Waals surface area contributed by atoms with Crippen LogP contribution in [0, 0.1) is 0 Å². The van der Waals surface area contributed by atoms with Gasteiger partial charge < -0.3 is 19.5 Å². The molecule has 0 bridgehead atoms. The molecule has 1 spiro atoms. The Morgan fingerprint density at radius 3 is 2.61 bits per heavy atom. The molecule has 0 aromatic heterocycles. The average Bonchev–Trinajstić information content (AvgIpc) is 3.27. The van der Waals surface area contributed by atoms with E-state index >= 15 is 0 Å². The molecule has 6 nitrogen and oxygen atoms in total. The van der Waals surface area contributed by atoms with E-state index < -0.39 is 11.6 Å². The second kappa shape index (κ2) is 10.4. The van der Waals surface area contributed by atoms with Crippen molar-refractivity contribution < 1.29 is 19.4 Å². The predicted molar refractivity (Wildman–Crippen MR) is 144 cm³/mol. The zero-order valence-electron chi connectivity index (χ0n) is 20.2. The molecule has 5 rings (SSSR count). The van der Waals surface area contributed by atoms with Gasteiger partial charge in [-0.25, -0.2) is 4.99 Å². The van der Waals surface area contributed by atoms with Crippen molar-refractivity contribution in [3.05, 3.63) is 94.0 Å². The molecular weight excluding hydrogens is 520 g/mol. The number of aliphatic imine (C=N–C) groups is 1. The van der Waals surface area contributed by atoms with Gasteiger partial charge in [-0.3, -0.25) is 4.79 Å². The molecule has 0 unspecified atom stereocenters. The Balaban J connectivity index is 1.58. The van der Waals surface area contributed by atoms with Crippen LogP contribution < -0.4 is 9.64 Å². The number of aliphatic hydroxyl groups excluding tert-OH is 1. The van der Waals surface area contributed by atoms with Gasteiger partial charge in [0, 0.05) is 47.3 Å². The lowest BCUT2D eigenvalue weighted by molar-refractivity contribution is -0.126. The largest absolute Gasteiger partial charge is 0.494 e. The number of carbonyl (C=O) groups is 1. The van der Waals surface area contributed by atoms with Crippen LogP contribution in [-0.2, 0) is 16.0 Å². The van der Waals surface area contributed by atoms with Gasteiger partial charge in [-0.15, -0.1) is 0 Å². The second-order valence-corrected chi connectivity index (χ2v) is 9.93. The summed E-state index contributed by atoms with van der Waals surface area (Å²) in [6.07, 6.45) is 1.29. The van der Waals surface area contributed by atoms with E-state index in [1.807, 2.05) is 71.6 Å². The van der Waals surface area contributed by atoms with Gasteiger partial charge >= 0.3 is 0 Å². The predicted octanol–water partition coefficient (Wildman–Crippen LogP) is 5.47. The first-order chi connectivity index (χ1) is 17.6. The highest BCUT2D eigenvalue weighted by atomic mass is 79.9. The topological polar surface area (TPSA) is 71.4 Å². The number of hydrogen-bond acceptors (Lipinski definition) is 5. The monoisotopic (exact) mass is 548 g/mol. The van der Waals surface area contributed by atoms with Crippen molar-refractivity contribution in [1.29, 1.82) is 0 Å². The summed E-state index contributed by atoms with van der Waals surface area (Å²) in [4.78, 5) is 21.2. The third-order valence-electron chi connectivity index (χ3n) is 6.63. The van der Waals surface area contributed by atoms with Crippen molar-refractivity contribution in [3.8, 4) is 5.75 Å². The zero-order chi connectivity index (χ0) is 25.1. The number of amides is 1. The van der Waals surface area contributed by atoms with Gasteiger partial charge in [-0.1, -0.05) is 59.3 Å². The lowest BCUT2D eigenvalue weighted by atomic mass is 9.78. The lowest BCUT2D eigenvalue weighted by Gasteiger charge is -2.41. The number of fused-ring (bicyclic) bond motifs is 1. The number of nitrogens with zero attached hydrogens (tertiary/aromatic N) is 2. The molecule has 1 amide bonds. The number of hydrogen-bond donors (Lipinski definition) is 1. The highest BCUT2D eigenvalue weighted by molar-refractivity contribution is 9.10. The van der Waals surface area contributed by atoms with Crippen LogP contribution in [0.5, 0.6) is 5.75 Å². The van der Waals surface area contributed by atoms with Crippen LogP contribution in [-0.4, -0.2) is 42.2 Å². The Morgan fingerprint density at radius 2 is 1.86 bits per heavy atom. The quantitative estimate of drug-likeness (QED) is 0.379. The van der Waals surface area contributed by atoms with Crippen LogP contribution in [0.25, 0.3) is 0 Å². The fourth-order valence-corrected chi connectivity index (χ4v) is 5.43. The van der Waals surface area contributed by atoms with E-state index in [0.29, 0.717) is 37.6 Å². The van der Waals surface area contributed by atoms with E-state index in [1.54, 1.807) is 0 Å². The Kier molecular flexibility index (Phi) is 7.12. The Bertz CT molecular complexity index is 1280. The van der Waals surface area contributed by atoms with E-state index in [-0.39, 0.29) is 12.5 Å². The van der Waals surface area contributed by atoms with Gasteiger partial charge in [0.05, 0.1) is 6.61 Å². The third kappa shape index (κ3) is 4.42. The van der Waals surface area contributed by atoms with Crippen molar-refractivity contribution >= 4 is 33.4 Å². The minimum Gasteiger partial charge on any atom is -0.494 e. The van der Waals surface area contributed by atoms with Gasteiger partial charge in [-0.05, 0) is 48.4 Å². The molecule has 186 valence electrons. The van der Waals surface area contributed by atoms with Crippen LogP contribution in [0.15, 0.2) is 82.3 Å². The van der Waals surface area contributed by atoms with E-state index in [2.05, 4.69) is 28.9 Å². The summed E-state index contributed by atoms with van der Waals surface area (Å²) < 4.78 is 13.1. The van der Waals surface area contributed by atoms with Crippen LogP contribution in [0.3, 0.4) is 0 Å². The number of ether oxygens (including phenoxy) is 2. The molecule has 0 aliphatic carbocycles. The maximum Gasteiger partial charge on any atom is 0.259 e. The Labute approximate surface area is 219 Å². The van der Waals surface area contributed by atoms with Gasteiger partial charge in [0.25, 0.3) is 5.91 Å². The second-order valence-electron chi connectivity index (χ2n) is 9.07. The zero-order valence-corrected chi connectivity index (χ0v) is 21.8. The number of anilines is 1. The fourth-order valence-electron chi connectivity index (χ4n) is 4.94. The molecule has 0 saturated carbocycles. The van der Waals surface area contributed by atoms with E-state index in [0.717, 1.165) is 33.3 Å². The molecular formula is C29H29BrN2O4. The maximum absolute atomic E-state index is 14.3. The number of para-hydroxylation sites is 1. The highest BCUT2D eigenvalue weighted by Gasteiger charge is 2.57. The molecule has 36 heavy (non-hydrogen) atoms. The highest BCUT2D eigenvalue weighted by Crippen LogP contribution is 2.49. The molecule has 0 saturated heterocycles. The first-order valence-corrected chi connectivity index (χ1v) is 13.1. The van der Waals surface area contributed by atoms with Crippen LogP contribution in [0.1, 0.15) is 42.6 Å². The lowest BCUT2D eigenvalue weighted by Crippen LogP contribution is -2.55. The SMILES string of the molecule is CCCN1C(=O)[C@]2(Cc3ccccc31)N=C(c1ccc(OCCCO)cc1)O[C@@H]2c1ccccc1Br. The molecule has 1 N–H and O–H groups in total. The third-order valence-corrected chi connectivity index (χ3v) is 7.35. The van der Waals surface area contributed by atoms with Crippen LogP contribution in [0.2, 0.25) is 0 Å². The van der Waals surface area contributed by atoms with E-state index in [1.165, 1.54) is 0 Å². The average molecular weight is 549 g/mol. The van der Waals surface area contributed by atoms with Gasteiger partial charge in [0.1, 0.15) is 5.75 Å². The minimum absolute atomic E-state index is 0.0391. The van der Waals surface area contributed by atoms with Crippen LogP contribution in [0.4, 0.5) is 5.69 Å². The van der Waals surface area contributed by atoms with Crippen molar-refractivity contribution in [2.24, 2.45) is 4.99 Å². The summed E-state index contributed by atoms with van der Waals surface area (Å²) >= 11 is 3.68. The number of carbonyl (C=O) groups excluding carboxylic acids is 1. The number of benzene rings is 3.